The smallest absolute Gasteiger partial charge is 0.227 e. The van der Waals surface area contributed by atoms with E-state index in [4.69, 9.17) is 0 Å². The van der Waals surface area contributed by atoms with Crippen LogP contribution in [0.1, 0.15) is 63.5 Å². The van der Waals surface area contributed by atoms with Gasteiger partial charge >= 0.3 is 0 Å². The Bertz CT molecular complexity index is 612. The lowest BCUT2D eigenvalue weighted by Gasteiger charge is -2.19. The maximum Gasteiger partial charge on any atom is 0.227 e. The SMILES string of the molecule is CCCCCCC(C)NC(=O)C1CC(=O)N(c2ccc(C)c(C)c2)C1. The molecule has 4 nitrogen and oxygen atoms in total. The standard InChI is InChI=1S/C21H32N2O2/c1-5-6-7-8-9-17(4)22-21(25)18-13-20(24)23(14-18)19-11-10-15(2)16(3)12-19/h10-12,17-18H,5-9,13-14H2,1-4H3,(H,22,25). The third kappa shape index (κ3) is 5.32. The fraction of sp³-hybridized carbons (Fsp3) is 0.619. The molecule has 2 unspecified atom stereocenters. The van der Waals surface area contributed by atoms with Crippen LogP contribution in [0.25, 0.3) is 0 Å². The number of amides is 2. The van der Waals surface area contributed by atoms with Crippen molar-refractivity contribution in [2.75, 3.05) is 11.4 Å². The monoisotopic (exact) mass is 344 g/mol. The van der Waals surface area contributed by atoms with Gasteiger partial charge in [0.1, 0.15) is 0 Å². The molecule has 0 spiro atoms. The van der Waals surface area contributed by atoms with Crippen molar-refractivity contribution in [3.8, 4) is 0 Å². The number of unbranched alkanes of at least 4 members (excludes halogenated alkanes) is 3. The Balaban J connectivity index is 1.88. The summed E-state index contributed by atoms with van der Waals surface area (Å²) in [4.78, 5) is 26.6. The minimum Gasteiger partial charge on any atom is -0.353 e. The zero-order chi connectivity index (χ0) is 18.4. The van der Waals surface area contributed by atoms with Crippen molar-refractivity contribution >= 4 is 17.5 Å². The van der Waals surface area contributed by atoms with Crippen molar-refractivity contribution in [1.82, 2.24) is 5.32 Å². The van der Waals surface area contributed by atoms with Gasteiger partial charge in [0.25, 0.3) is 0 Å². The summed E-state index contributed by atoms with van der Waals surface area (Å²) in [7, 11) is 0. The molecule has 2 rings (SSSR count). The third-order valence-electron chi connectivity index (χ3n) is 5.18. The lowest BCUT2D eigenvalue weighted by atomic mass is 10.1. The third-order valence-corrected chi connectivity index (χ3v) is 5.18. The second-order valence-electron chi connectivity index (χ2n) is 7.43. The van der Waals surface area contributed by atoms with E-state index in [0.29, 0.717) is 13.0 Å². The van der Waals surface area contributed by atoms with Crippen LogP contribution in [0.3, 0.4) is 0 Å². The normalized spacial score (nSPS) is 18.5. The van der Waals surface area contributed by atoms with E-state index in [1.165, 1.54) is 30.4 Å². The van der Waals surface area contributed by atoms with Crippen LogP contribution in [-0.2, 0) is 9.59 Å². The van der Waals surface area contributed by atoms with E-state index in [1.807, 2.05) is 25.1 Å². The van der Waals surface area contributed by atoms with Gasteiger partial charge in [-0.05, 0) is 50.5 Å². The number of aryl methyl sites for hydroxylation is 2. The van der Waals surface area contributed by atoms with Crippen LogP contribution in [0, 0.1) is 19.8 Å². The highest BCUT2D eigenvalue weighted by atomic mass is 16.2. The van der Waals surface area contributed by atoms with Crippen LogP contribution in [-0.4, -0.2) is 24.4 Å². The highest BCUT2D eigenvalue weighted by Gasteiger charge is 2.35. The number of hydrogen-bond donors (Lipinski definition) is 1. The Morgan fingerprint density at radius 3 is 2.68 bits per heavy atom. The van der Waals surface area contributed by atoms with Gasteiger partial charge in [0.15, 0.2) is 0 Å². The van der Waals surface area contributed by atoms with Crippen LogP contribution in [0.15, 0.2) is 18.2 Å². The van der Waals surface area contributed by atoms with Gasteiger partial charge < -0.3 is 10.2 Å². The molecule has 1 N–H and O–H groups in total. The van der Waals surface area contributed by atoms with Crippen LogP contribution >= 0.6 is 0 Å². The molecule has 4 heteroatoms. The summed E-state index contributed by atoms with van der Waals surface area (Å²) in [6, 6.07) is 6.21. The minimum atomic E-state index is -0.243. The number of carbonyl (C=O) groups is 2. The van der Waals surface area contributed by atoms with Gasteiger partial charge in [-0.1, -0.05) is 38.7 Å². The van der Waals surface area contributed by atoms with Gasteiger partial charge in [-0.25, -0.2) is 0 Å². The zero-order valence-electron chi connectivity index (χ0n) is 16.1. The first-order valence-corrected chi connectivity index (χ1v) is 9.60. The fourth-order valence-electron chi connectivity index (χ4n) is 3.34. The van der Waals surface area contributed by atoms with Gasteiger partial charge in [0.2, 0.25) is 11.8 Å². The first-order chi connectivity index (χ1) is 11.9. The number of carbonyl (C=O) groups excluding carboxylic acids is 2. The molecule has 0 saturated carbocycles. The second-order valence-corrected chi connectivity index (χ2v) is 7.43. The van der Waals surface area contributed by atoms with E-state index in [1.54, 1.807) is 4.90 Å². The largest absolute Gasteiger partial charge is 0.353 e. The van der Waals surface area contributed by atoms with Crippen molar-refractivity contribution in [3.05, 3.63) is 29.3 Å². The number of anilines is 1. The lowest BCUT2D eigenvalue weighted by molar-refractivity contribution is -0.126. The Morgan fingerprint density at radius 1 is 1.24 bits per heavy atom. The first kappa shape index (κ1) is 19.5. The number of benzene rings is 1. The van der Waals surface area contributed by atoms with Gasteiger partial charge in [-0.2, -0.15) is 0 Å². The van der Waals surface area contributed by atoms with Crippen LogP contribution < -0.4 is 10.2 Å². The van der Waals surface area contributed by atoms with Gasteiger partial charge in [0.05, 0.1) is 5.92 Å². The van der Waals surface area contributed by atoms with E-state index in [9.17, 15) is 9.59 Å². The second kappa shape index (κ2) is 9.02. The molecular formula is C21H32N2O2. The van der Waals surface area contributed by atoms with E-state index in [-0.39, 0.29) is 23.8 Å². The predicted molar refractivity (Wildman–Crippen MR) is 103 cm³/mol. The maximum atomic E-state index is 12.5. The minimum absolute atomic E-state index is 0.0164. The van der Waals surface area contributed by atoms with Crippen molar-refractivity contribution in [2.24, 2.45) is 5.92 Å². The van der Waals surface area contributed by atoms with Gasteiger partial charge in [0, 0.05) is 24.7 Å². The quantitative estimate of drug-likeness (QED) is 0.721. The highest BCUT2D eigenvalue weighted by molar-refractivity contribution is 6.00. The summed E-state index contributed by atoms with van der Waals surface area (Å²) >= 11 is 0. The molecule has 0 aromatic heterocycles. The van der Waals surface area contributed by atoms with Gasteiger partial charge in [-0.3, -0.25) is 9.59 Å². The molecule has 1 aliphatic heterocycles. The van der Waals surface area contributed by atoms with Crippen molar-refractivity contribution in [3.63, 3.8) is 0 Å². The molecule has 0 radical (unpaired) electrons. The Hall–Kier alpha value is -1.84. The molecule has 0 aliphatic carbocycles. The molecule has 2 atom stereocenters. The molecule has 1 aromatic rings. The first-order valence-electron chi connectivity index (χ1n) is 9.60. The average molecular weight is 344 g/mol. The molecule has 1 aromatic carbocycles. The molecule has 1 heterocycles. The molecule has 1 fully saturated rings. The summed E-state index contributed by atoms with van der Waals surface area (Å²) in [5.74, 6) is -0.186. The molecule has 0 bridgehead atoms. The summed E-state index contributed by atoms with van der Waals surface area (Å²) < 4.78 is 0. The molecule has 2 amide bonds. The van der Waals surface area contributed by atoms with Crippen LogP contribution in [0.4, 0.5) is 5.69 Å². The Labute approximate surface area is 152 Å². The Kier molecular flexibility index (Phi) is 7.03. The van der Waals surface area contributed by atoms with Crippen LogP contribution in [0.2, 0.25) is 0 Å². The fourth-order valence-corrected chi connectivity index (χ4v) is 3.34. The van der Waals surface area contributed by atoms with Crippen LogP contribution in [0.5, 0.6) is 0 Å². The number of nitrogens with one attached hydrogen (secondary N) is 1. The number of rotatable bonds is 8. The molecule has 138 valence electrons. The maximum absolute atomic E-state index is 12.5. The lowest BCUT2D eigenvalue weighted by Crippen LogP contribution is -2.38. The summed E-state index contributed by atoms with van der Waals surface area (Å²) in [6.45, 7) is 8.84. The summed E-state index contributed by atoms with van der Waals surface area (Å²) in [5.41, 5.74) is 3.27. The van der Waals surface area contributed by atoms with E-state index in [2.05, 4.69) is 26.1 Å². The van der Waals surface area contributed by atoms with E-state index in [0.717, 1.165) is 18.5 Å². The molecule has 25 heavy (non-hydrogen) atoms. The molecular weight excluding hydrogens is 312 g/mol. The zero-order valence-corrected chi connectivity index (χ0v) is 16.1. The molecule has 1 saturated heterocycles. The van der Waals surface area contributed by atoms with Crippen molar-refractivity contribution in [2.45, 2.75) is 72.3 Å². The van der Waals surface area contributed by atoms with Crippen molar-refractivity contribution in [1.29, 1.82) is 0 Å². The van der Waals surface area contributed by atoms with E-state index >= 15 is 0 Å². The van der Waals surface area contributed by atoms with E-state index < -0.39 is 0 Å². The number of nitrogens with zero attached hydrogens (tertiary/aromatic N) is 1. The Morgan fingerprint density at radius 2 is 2.00 bits per heavy atom. The molecule has 1 aliphatic rings. The highest BCUT2D eigenvalue weighted by Crippen LogP contribution is 2.27. The topological polar surface area (TPSA) is 49.4 Å². The van der Waals surface area contributed by atoms with Crippen molar-refractivity contribution < 1.29 is 9.59 Å². The summed E-state index contributed by atoms with van der Waals surface area (Å²) in [6.07, 6.45) is 6.16. The average Bonchev–Trinajstić information content (AvgIpc) is 2.96. The number of hydrogen-bond acceptors (Lipinski definition) is 2. The predicted octanol–water partition coefficient (Wildman–Crippen LogP) is 4.13. The van der Waals surface area contributed by atoms with Gasteiger partial charge in [-0.15, -0.1) is 0 Å². The summed E-state index contributed by atoms with van der Waals surface area (Å²) in [5, 5.41) is 3.09.